The molecule has 21 heavy (non-hydrogen) atoms. The lowest BCUT2D eigenvalue weighted by Crippen LogP contribution is -2.14. The largest absolute Gasteiger partial charge is 0.320 e. The number of nitrogens with two attached hydrogens (primary N) is 1. The normalized spacial score (nSPS) is 10.6. The number of benzene rings is 2. The van der Waals surface area contributed by atoms with Crippen molar-refractivity contribution < 1.29 is 8.42 Å². The third-order valence-corrected chi connectivity index (χ3v) is 4.24. The third-order valence-electron chi connectivity index (χ3n) is 2.81. The molecule has 0 aliphatic rings. The van der Waals surface area contributed by atoms with E-state index in [4.69, 9.17) is 5.73 Å². The second-order valence-corrected chi connectivity index (χ2v) is 6.12. The second kappa shape index (κ2) is 6.44. The van der Waals surface area contributed by atoms with Crippen LogP contribution in [0.1, 0.15) is 11.1 Å². The Morgan fingerprint density at radius 3 is 2.43 bits per heavy atom. The van der Waals surface area contributed by atoms with Crippen LogP contribution in [0.25, 0.3) is 0 Å². The van der Waals surface area contributed by atoms with Gasteiger partial charge in [0.25, 0.3) is 10.0 Å². The van der Waals surface area contributed by atoms with Crippen molar-refractivity contribution in [3.8, 4) is 11.8 Å². The first kappa shape index (κ1) is 15.1. The van der Waals surface area contributed by atoms with Gasteiger partial charge in [-0.1, -0.05) is 41.7 Å². The summed E-state index contributed by atoms with van der Waals surface area (Å²) in [6, 6.07) is 13.7. The molecule has 2 aromatic carbocycles. The molecule has 0 unspecified atom stereocenters. The summed E-state index contributed by atoms with van der Waals surface area (Å²) in [5.74, 6) is 5.45. The molecule has 0 radical (unpaired) electrons. The lowest BCUT2D eigenvalue weighted by atomic mass is 10.2. The van der Waals surface area contributed by atoms with E-state index in [9.17, 15) is 8.42 Å². The topological polar surface area (TPSA) is 72.2 Å². The maximum atomic E-state index is 12.5. The first-order valence-corrected chi connectivity index (χ1v) is 7.89. The molecule has 0 atom stereocenters. The highest BCUT2D eigenvalue weighted by molar-refractivity contribution is 7.92. The molecule has 2 aromatic rings. The molecule has 2 rings (SSSR count). The Morgan fingerprint density at radius 2 is 1.76 bits per heavy atom. The number of hydrogen-bond acceptors (Lipinski definition) is 3. The molecule has 0 aliphatic heterocycles. The predicted molar refractivity (Wildman–Crippen MR) is 84.4 cm³/mol. The SMILES string of the molecule is Cc1ccc(NS(=O)(=O)c2ccccc2C#CCN)cc1. The molecular formula is C16H16N2O2S. The molecule has 0 fully saturated rings. The minimum Gasteiger partial charge on any atom is -0.320 e. The van der Waals surface area contributed by atoms with Crippen LogP contribution < -0.4 is 10.5 Å². The Bertz CT molecular complexity index is 785. The fourth-order valence-corrected chi connectivity index (χ4v) is 3.00. The van der Waals surface area contributed by atoms with Gasteiger partial charge in [0.05, 0.1) is 6.54 Å². The van der Waals surface area contributed by atoms with E-state index in [0.717, 1.165) is 5.56 Å². The van der Waals surface area contributed by atoms with Crippen molar-refractivity contribution in [3.05, 3.63) is 59.7 Å². The number of sulfonamides is 1. The predicted octanol–water partition coefficient (Wildman–Crippen LogP) is 2.11. The lowest BCUT2D eigenvalue weighted by molar-refractivity contribution is 0.601. The van der Waals surface area contributed by atoms with Crippen LogP contribution in [0.5, 0.6) is 0 Å². The van der Waals surface area contributed by atoms with Crippen molar-refractivity contribution in [2.75, 3.05) is 11.3 Å². The van der Waals surface area contributed by atoms with Crippen LogP contribution in [-0.4, -0.2) is 15.0 Å². The summed E-state index contributed by atoms with van der Waals surface area (Å²) in [6.45, 7) is 2.12. The highest BCUT2D eigenvalue weighted by Gasteiger charge is 2.17. The van der Waals surface area contributed by atoms with Crippen LogP contribution >= 0.6 is 0 Å². The van der Waals surface area contributed by atoms with Crippen molar-refractivity contribution in [1.82, 2.24) is 0 Å². The van der Waals surface area contributed by atoms with Gasteiger partial charge in [0.2, 0.25) is 0 Å². The molecule has 0 heterocycles. The number of hydrogen-bond donors (Lipinski definition) is 2. The van der Waals surface area contributed by atoms with Gasteiger partial charge in [-0.2, -0.15) is 0 Å². The molecule has 0 saturated carbocycles. The first-order valence-electron chi connectivity index (χ1n) is 6.40. The van der Waals surface area contributed by atoms with E-state index in [1.54, 1.807) is 30.3 Å². The molecule has 0 aliphatic carbocycles. The van der Waals surface area contributed by atoms with E-state index < -0.39 is 10.0 Å². The second-order valence-electron chi connectivity index (χ2n) is 4.47. The molecule has 0 spiro atoms. The number of rotatable bonds is 3. The van der Waals surface area contributed by atoms with Crippen LogP contribution in [0.4, 0.5) is 5.69 Å². The van der Waals surface area contributed by atoms with E-state index >= 15 is 0 Å². The van der Waals surface area contributed by atoms with Gasteiger partial charge in [0.15, 0.2) is 0 Å². The minimum atomic E-state index is -3.68. The first-order chi connectivity index (χ1) is 10.0. The van der Waals surface area contributed by atoms with E-state index in [0.29, 0.717) is 11.3 Å². The van der Waals surface area contributed by atoms with Gasteiger partial charge < -0.3 is 5.73 Å². The smallest absolute Gasteiger partial charge is 0.263 e. The van der Waals surface area contributed by atoms with Gasteiger partial charge in [-0.05, 0) is 31.2 Å². The summed E-state index contributed by atoms with van der Waals surface area (Å²) in [5, 5.41) is 0. The molecular weight excluding hydrogens is 284 g/mol. The molecule has 5 heteroatoms. The summed E-state index contributed by atoms with van der Waals surface area (Å²) in [4.78, 5) is 0.145. The molecule has 0 saturated heterocycles. The van der Waals surface area contributed by atoms with E-state index in [1.165, 1.54) is 6.07 Å². The van der Waals surface area contributed by atoms with Crippen LogP contribution in [0, 0.1) is 18.8 Å². The zero-order valence-corrected chi connectivity index (χ0v) is 12.4. The maximum Gasteiger partial charge on any atom is 0.263 e. The van der Waals surface area contributed by atoms with Crippen molar-refractivity contribution >= 4 is 15.7 Å². The third kappa shape index (κ3) is 3.85. The highest BCUT2D eigenvalue weighted by Crippen LogP contribution is 2.19. The van der Waals surface area contributed by atoms with Gasteiger partial charge in [-0.25, -0.2) is 8.42 Å². The van der Waals surface area contributed by atoms with Crippen LogP contribution in [0.3, 0.4) is 0 Å². The Balaban J connectivity index is 2.38. The van der Waals surface area contributed by atoms with E-state index in [-0.39, 0.29) is 11.4 Å². The Morgan fingerprint density at radius 1 is 1.10 bits per heavy atom. The Kier molecular flexibility index (Phi) is 4.63. The number of aryl methyl sites for hydroxylation is 1. The highest BCUT2D eigenvalue weighted by atomic mass is 32.2. The average Bonchev–Trinajstić information content (AvgIpc) is 2.47. The molecule has 108 valence electrons. The number of nitrogens with one attached hydrogen (secondary N) is 1. The fourth-order valence-electron chi connectivity index (χ4n) is 1.78. The van der Waals surface area contributed by atoms with Crippen molar-refractivity contribution in [2.45, 2.75) is 11.8 Å². The van der Waals surface area contributed by atoms with Crippen LogP contribution in [-0.2, 0) is 10.0 Å². The van der Waals surface area contributed by atoms with Gasteiger partial charge in [0, 0.05) is 11.3 Å². The summed E-state index contributed by atoms with van der Waals surface area (Å²) in [6.07, 6.45) is 0. The fraction of sp³-hybridized carbons (Fsp3) is 0.125. The Hall–Kier alpha value is -2.29. The average molecular weight is 300 g/mol. The minimum absolute atomic E-state index is 0.145. The molecule has 0 aromatic heterocycles. The van der Waals surface area contributed by atoms with E-state index in [2.05, 4.69) is 16.6 Å². The van der Waals surface area contributed by atoms with Crippen molar-refractivity contribution in [1.29, 1.82) is 0 Å². The van der Waals surface area contributed by atoms with Crippen molar-refractivity contribution in [2.24, 2.45) is 5.73 Å². The van der Waals surface area contributed by atoms with Crippen LogP contribution in [0.15, 0.2) is 53.4 Å². The maximum absolute atomic E-state index is 12.5. The molecule has 0 amide bonds. The summed E-state index contributed by atoms with van der Waals surface area (Å²) < 4.78 is 27.5. The summed E-state index contributed by atoms with van der Waals surface area (Å²) >= 11 is 0. The molecule has 4 nitrogen and oxygen atoms in total. The zero-order valence-electron chi connectivity index (χ0n) is 11.6. The summed E-state index contributed by atoms with van der Waals surface area (Å²) in [7, 11) is -3.68. The van der Waals surface area contributed by atoms with Gasteiger partial charge in [-0.3, -0.25) is 4.72 Å². The molecule has 3 N–H and O–H groups in total. The molecule has 0 bridgehead atoms. The van der Waals surface area contributed by atoms with Crippen molar-refractivity contribution in [3.63, 3.8) is 0 Å². The quantitative estimate of drug-likeness (QED) is 0.853. The Labute approximate surface area is 125 Å². The van der Waals surface area contributed by atoms with Gasteiger partial charge >= 0.3 is 0 Å². The van der Waals surface area contributed by atoms with Gasteiger partial charge in [-0.15, -0.1) is 0 Å². The lowest BCUT2D eigenvalue weighted by Gasteiger charge is -2.09. The standard InChI is InChI=1S/C16H16N2O2S/c1-13-8-10-15(11-9-13)18-21(19,20)16-7-3-2-5-14(16)6-4-12-17/h2-3,5,7-11,18H,12,17H2,1H3. The van der Waals surface area contributed by atoms with E-state index in [1.807, 2.05) is 19.1 Å². The van der Waals surface area contributed by atoms with Crippen LogP contribution in [0.2, 0.25) is 0 Å². The summed E-state index contributed by atoms with van der Waals surface area (Å²) in [5.41, 5.74) is 7.35. The van der Waals surface area contributed by atoms with Gasteiger partial charge in [0.1, 0.15) is 4.90 Å². The number of anilines is 1. The zero-order chi connectivity index (χ0) is 15.3. The monoisotopic (exact) mass is 300 g/mol.